The highest BCUT2D eigenvalue weighted by Gasteiger charge is 2.22. The average molecular weight is 399 g/mol. The van der Waals surface area contributed by atoms with Gasteiger partial charge in [-0.05, 0) is 49.7 Å². The third kappa shape index (κ3) is 3.45. The Morgan fingerprint density at radius 3 is 2.57 bits per heavy atom. The van der Waals surface area contributed by atoms with E-state index in [9.17, 15) is 4.79 Å². The fraction of sp³-hybridized carbons (Fsp3) is 0.250. The summed E-state index contributed by atoms with van der Waals surface area (Å²) in [6.07, 6.45) is 2.99. The van der Waals surface area contributed by atoms with E-state index in [1.54, 1.807) is 0 Å². The topological polar surface area (TPSA) is 52.9 Å². The lowest BCUT2D eigenvalue weighted by Gasteiger charge is -2.24. The Hall–Kier alpha value is -3.54. The van der Waals surface area contributed by atoms with Crippen molar-refractivity contribution in [2.24, 2.45) is 0 Å². The number of carbonyl (C=O) groups is 1. The monoisotopic (exact) mass is 399 g/mol. The Balaban J connectivity index is 1.36. The number of urea groups is 1. The summed E-state index contributed by atoms with van der Waals surface area (Å²) in [5.41, 5.74) is 5.20. The molecule has 2 aromatic heterocycles. The maximum Gasteiger partial charge on any atom is 0.321 e. The predicted molar refractivity (Wildman–Crippen MR) is 121 cm³/mol. The van der Waals surface area contributed by atoms with E-state index >= 15 is 0 Å². The SMILES string of the molecule is Cc1ccc(NC(=O)N2CCCN(c3nc4ccccc4n4cccc34)CC2)cc1. The highest BCUT2D eigenvalue weighted by Crippen LogP contribution is 2.26. The van der Waals surface area contributed by atoms with Crippen molar-refractivity contribution >= 4 is 34.1 Å². The van der Waals surface area contributed by atoms with Gasteiger partial charge < -0.3 is 19.5 Å². The first-order valence-electron chi connectivity index (χ1n) is 10.4. The summed E-state index contributed by atoms with van der Waals surface area (Å²) in [5, 5.41) is 3.02. The molecular weight excluding hydrogens is 374 g/mol. The van der Waals surface area contributed by atoms with Crippen molar-refractivity contribution < 1.29 is 4.79 Å². The standard InChI is InChI=1S/C24H25N5O/c1-18-9-11-19(12-10-18)25-24(30)28-14-5-13-27(16-17-28)23-22-8-4-15-29(22)21-7-3-2-6-20(21)26-23/h2-4,6-12,15H,5,13-14,16-17H2,1H3,(H,25,30). The van der Waals surface area contributed by atoms with Gasteiger partial charge in [-0.25, -0.2) is 9.78 Å². The largest absolute Gasteiger partial charge is 0.353 e. The van der Waals surface area contributed by atoms with E-state index in [0.29, 0.717) is 6.54 Å². The number of hydrogen-bond donors (Lipinski definition) is 1. The van der Waals surface area contributed by atoms with Crippen molar-refractivity contribution in [3.63, 3.8) is 0 Å². The van der Waals surface area contributed by atoms with E-state index in [1.165, 1.54) is 5.56 Å². The van der Waals surface area contributed by atoms with Gasteiger partial charge in [0.1, 0.15) is 0 Å². The van der Waals surface area contributed by atoms with Crippen LogP contribution >= 0.6 is 0 Å². The molecule has 1 N–H and O–H groups in total. The minimum absolute atomic E-state index is 0.0417. The van der Waals surface area contributed by atoms with Crippen LogP contribution in [-0.4, -0.2) is 46.5 Å². The molecule has 2 aromatic carbocycles. The van der Waals surface area contributed by atoms with Crippen molar-refractivity contribution in [2.45, 2.75) is 13.3 Å². The molecule has 6 nitrogen and oxygen atoms in total. The van der Waals surface area contributed by atoms with Crippen LogP contribution < -0.4 is 10.2 Å². The van der Waals surface area contributed by atoms with Gasteiger partial charge in [0.25, 0.3) is 0 Å². The van der Waals surface area contributed by atoms with Gasteiger partial charge in [-0.15, -0.1) is 0 Å². The highest BCUT2D eigenvalue weighted by atomic mass is 16.2. The molecule has 0 aliphatic carbocycles. The van der Waals surface area contributed by atoms with Crippen LogP contribution in [0.25, 0.3) is 16.6 Å². The first-order valence-corrected chi connectivity index (χ1v) is 10.4. The molecular formula is C24H25N5O. The smallest absolute Gasteiger partial charge is 0.321 e. The van der Waals surface area contributed by atoms with Crippen LogP contribution in [0, 0.1) is 6.92 Å². The quantitative estimate of drug-likeness (QED) is 0.538. The molecule has 6 heteroatoms. The van der Waals surface area contributed by atoms with Gasteiger partial charge >= 0.3 is 6.03 Å². The Kier molecular flexibility index (Phi) is 4.75. The van der Waals surface area contributed by atoms with E-state index in [2.05, 4.69) is 45.1 Å². The normalized spacial score (nSPS) is 14.8. The third-order valence-corrected chi connectivity index (χ3v) is 5.73. The van der Waals surface area contributed by atoms with Crippen LogP contribution in [0.1, 0.15) is 12.0 Å². The van der Waals surface area contributed by atoms with E-state index in [4.69, 9.17) is 4.98 Å². The predicted octanol–water partition coefficient (Wildman–Crippen LogP) is 4.54. The van der Waals surface area contributed by atoms with E-state index in [-0.39, 0.29) is 6.03 Å². The van der Waals surface area contributed by atoms with Crippen molar-refractivity contribution in [1.82, 2.24) is 14.3 Å². The number of rotatable bonds is 2. The summed E-state index contributed by atoms with van der Waals surface area (Å²) < 4.78 is 2.20. The lowest BCUT2D eigenvalue weighted by Crippen LogP contribution is -2.38. The molecule has 0 saturated carbocycles. The third-order valence-electron chi connectivity index (χ3n) is 5.73. The minimum atomic E-state index is -0.0417. The van der Waals surface area contributed by atoms with Gasteiger partial charge in [-0.2, -0.15) is 0 Å². The summed E-state index contributed by atoms with van der Waals surface area (Å²) in [4.78, 5) is 21.9. The maximum absolute atomic E-state index is 12.8. The van der Waals surface area contributed by atoms with Gasteiger partial charge in [0.15, 0.2) is 5.82 Å². The van der Waals surface area contributed by atoms with Crippen LogP contribution in [0.5, 0.6) is 0 Å². The van der Waals surface area contributed by atoms with Gasteiger partial charge in [0.2, 0.25) is 0 Å². The Bertz CT molecular complexity index is 1200. The number of hydrogen-bond acceptors (Lipinski definition) is 3. The number of para-hydroxylation sites is 2. The van der Waals surface area contributed by atoms with Crippen LogP contribution in [0.4, 0.5) is 16.3 Å². The Morgan fingerprint density at radius 1 is 0.900 bits per heavy atom. The molecule has 0 radical (unpaired) electrons. The second-order valence-corrected chi connectivity index (χ2v) is 7.81. The fourth-order valence-corrected chi connectivity index (χ4v) is 4.11. The van der Waals surface area contributed by atoms with Crippen LogP contribution in [-0.2, 0) is 0 Å². The molecule has 2 amide bonds. The van der Waals surface area contributed by atoms with Gasteiger partial charge in [0, 0.05) is 38.1 Å². The summed E-state index contributed by atoms with van der Waals surface area (Å²) in [7, 11) is 0. The number of carbonyl (C=O) groups excluding carboxylic acids is 1. The zero-order valence-electron chi connectivity index (χ0n) is 17.1. The van der Waals surface area contributed by atoms with E-state index < -0.39 is 0 Å². The molecule has 1 aliphatic rings. The lowest BCUT2D eigenvalue weighted by atomic mass is 10.2. The highest BCUT2D eigenvalue weighted by molar-refractivity contribution is 5.89. The molecule has 1 fully saturated rings. The average Bonchev–Trinajstić information content (AvgIpc) is 3.13. The first-order chi connectivity index (χ1) is 14.7. The van der Waals surface area contributed by atoms with Crippen molar-refractivity contribution in [2.75, 3.05) is 36.4 Å². The number of anilines is 2. The van der Waals surface area contributed by atoms with E-state index in [0.717, 1.165) is 54.1 Å². The number of amides is 2. The number of aryl methyl sites for hydroxylation is 1. The van der Waals surface area contributed by atoms with Gasteiger partial charge in [0.05, 0.1) is 16.6 Å². The number of nitrogens with one attached hydrogen (secondary N) is 1. The fourth-order valence-electron chi connectivity index (χ4n) is 4.11. The minimum Gasteiger partial charge on any atom is -0.353 e. The van der Waals surface area contributed by atoms with Crippen LogP contribution in [0.2, 0.25) is 0 Å². The summed E-state index contributed by atoms with van der Waals surface area (Å²) in [6.45, 7) is 5.07. The first kappa shape index (κ1) is 18.5. The maximum atomic E-state index is 12.8. The molecule has 0 atom stereocenters. The number of fused-ring (bicyclic) bond motifs is 3. The van der Waals surface area contributed by atoms with Crippen LogP contribution in [0.3, 0.4) is 0 Å². The Labute approximate surface area is 175 Å². The number of benzene rings is 2. The summed E-state index contributed by atoms with van der Waals surface area (Å²) >= 11 is 0. The zero-order valence-corrected chi connectivity index (χ0v) is 17.1. The Morgan fingerprint density at radius 2 is 1.70 bits per heavy atom. The molecule has 1 saturated heterocycles. The molecule has 30 heavy (non-hydrogen) atoms. The van der Waals surface area contributed by atoms with Crippen molar-refractivity contribution in [3.05, 3.63) is 72.4 Å². The van der Waals surface area contributed by atoms with Crippen LogP contribution in [0.15, 0.2) is 66.9 Å². The molecule has 1 aliphatic heterocycles. The molecule has 0 unspecified atom stereocenters. The molecule has 0 spiro atoms. The second-order valence-electron chi connectivity index (χ2n) is 7.81. The number of nitrogens with zero attached hydrogens (tertiary/aromatic N) is 4. The number of aromatic nitrogens is 2. The zero-order chi connectivity index (χ0) is 20.5. The molecule has 5 rings (SSSR count). The lowest BCUT2D eigenvalue weighted by molar-refractivity contribution is 0.215. The van der Waals surface area contributed by atoms with Gasteiger partial charge in [-0.3, -0.25) is 0 Å². The second kappa shape index (κ2) is 7.71. The molecule has 4 aromatic rings. The van der Waals surface area contributed by atoms with Crippen molar-refractivity contribution in [3.8, 4) is 0 Å². The summed E-state index contributed by atoms with van der Waals surface area (Å²) in [5.74, 6) is 0.986. The summed E-state index contributed by atoms with van der Waals surface area (Å²) in [6, 6.07) is 20.2. The molecule has 3 heterocycles. The molecule has 152 valence electrons. The van der Waals surface area contributed by atoms with E-state index in [1.807, 2.05) is 48.2 Å². The van der Waals surface area contributed by atoms with Gasteiger partial charge in [-0.1, -0.05) is 29.8 Å². The van der Waals surface area contributed by atoms with Crippen molar-refractivity contribution in [1.29, 1.82) is 0 Å². The molecule has 0 bridgehead atoms.